The van der Waals surface area contributed by atoms with Gasteiger partial charge in [-0.3, -0.25) is 24.4 Å². The van der Waals surface area contributed by atoms with Crippen LogP contribution in [-0.4, -0.2) is 89.6 Å². The summed E-state index contributed by atoms with van der Waals surface area (Å²) >= 11 is 13.7. The van der Waals surface area contributed by atoms with Gasteiger partial charge in [0.25, 0.3) is 0 Å². The van der Waals surface area contributed by atoms with Crippen LogP contribution in [0.5, 0.6) is 5.75 Å². The summed E-state index contributed by atoms with van der Waals surface area (Å²) in [7, 11) is 4.47. The Kier molecular flexibility index (Phi) is 8.19. The van der Waals surface area contributed by atoms with Crippen molar-refractivity contribution in [3.8, 4) is 28.1 Å². The minimum absolute atomic E-state index is 0.0335. The Labute approximate surface area is 247 Å². The van der Waals surface area contributed by atoms with Crippen LogP contribution in [0.1, 0.15) is 5.56 Å². The van der Waals surface area contributed by atoms with Crippen LogP contribution in [0.25, 0.3) is 22.4 Å². The van der Waals surface area contributed by atoms with Crippen LogP contribution in [0.15, 0.2) is 48.7 Å². The number of aromatic nitrogens is 1. The van der Waals surface area contributed by atoms with Crippen molar-refractivity contribution in [1.29, 1.82) is 0 Å². The fourth-order valence-electron chi connectivity index (χ4n) is 5.04. The molecule has 0 aliphatic carbocycles. The molecule has 0 radical (unpaired) electrons. The molecule has 0 bridgehead atoms. The molecule has 2 N–H and O–H groups in total. The summed E-state index contributed by atoms with van der Waals surface area (Å²) in [5.41, 5.74) is 3.70. The van der Waals surface area contributed by atoms with Gasteiger partial charge in [-0.25, -0.2) is 4.79 Å². The Morgan fingerprint density at radius 1 is 1.05 bits per heavy atom. The molecule has 10 nitrogen and oxygen atoms in total. The summed E-state index contributed by atoms with van der Waals surface area (Å²) in [6.45, 7) is 1.81. The fraction of sp³-hybridized carbons (Fsp3) is 0.310. The molecule has 3 aromatic rings. The number of nitrogens with one attached hydrogen (secondary N) is 1. The zero-order chi connectivity index (χ0) is 29.4. The highest BCUT2D eigenvalue weighted by atomic mass is 35.5. The average molecular weight is 598 g/mol. The van der Waals surface area contributed by atoms with E-state index in [1.165, 1.54) is 19.0 Å². The van der Waals surface area contributed by atoms with Gasteiger partial charge in [0.05, 0.1) is 34.6 Å². The predicted molar refractivity (Wildman–Crippen MR) is 156 cm³/mol. The number of carbonyl (C=O) groups excluding carboxylic acids is 3. The Balaban J connectivity index is 1.41. The first-order chi connectivity index (χ1) is 19.6. The van der Waals surface area contributed by atoms with Crippen LogP contribution in [-0.2, 0) is 16.1 Å². The number of ether oxygens (including phenoxy) is 1. The van der Waals surface area contributed by atoms with E-state index >= 15 is 0 Å². The number of aliphatic hydroxyl groups excluding tert-OH is 1. The summed E-state index contributed by atoms with van der Waals surface area (Å²) < 4.78 is 5.62. The number of likely N-dealkylation sites (tertiary alicyclic amines) is 1. The summed E-state index contributed by atoms with van der Waals surface area (Å²) in [4.78, 5) is 46.7. The van der Waals surface area contributed by atoms with Crippen molar-refractivity contribution in [3.05, 3.63) is 64.3 Å². The molecule has 214 valence electrons. The van der Waals surface area contributed by atoms with Gasteiger partial charge in [0.15, 0.2) is 0 Å². The highest BCUT2D eigenvalue weighted by Gasteiger charge is 2.39. The van der Waals surface area contributed by atoms with Gasteiger partial charge >= 0.3 is 6.03 Å². The third-order valence-corrected chi connectivity index (χ3v) is 8.15. The van der Waals surface area contributed by atoms with Crippen LogP contribution in [0.2, 0.25) is 10.0 Å². The van der Waals surface area contributed by atoms with Crippen molar-refractivity contribution in [2.24, 2.45) is 5.92 Å². The molecule has 2 aliphatic rings. The maximum Gasteiger partial charge on any atom is 0.326 e. The third-order valence-electron chi connectivity index (χ3n) is 7.33. The molecular weight excluding hydrogens is 569 g/mol. The number of imide groups is 1. The van der Waals surface area contributed by atoms with E-state index in [9.17, 15) is 19.5 Å². The molecule has 12 heteroatoms. The second-order valence-electron chi connectivity index (χ2n) is 10.2. The van der Waals surface area contributed by atoms with Crippen molar-refractivity contribution in [1.82, 2.24) is 19.7 Å². The number of β-amino-alcohol motifs (C(OH)–C–C–N with tert-alkyl or cyclic N) is 1. The number of rotatable bonds is 7. The summed E-state index contributed by atoms with van der Waals surface area (Å²) in [6, 6.07) is 12.0. The SMILES string of the molecule is COc1cc(-c2cccc(-c3cccc(NC(=O)C4CN(C)C(=O)N(C)C4=O)c3Cl)c2Cl)ncc1CN1CC(O)C1. The Bertz CT molecular complexity index is 1530. The molecule has 1 aromatic heterocycles. The second kappa shape index (κ2) is 11.7. The molecule has 2 aromatic carbocycles. The van der Waals surface area contributed by atoms with Gasteiger partial charge in [0, 0.05) is 74.8 Å². The molecule has 0 spiro atoms. The Morgan fingerprint density at radius 2 is 1.71 bits per heavy atom. The Hall–Kier alpha value is -3.70. The summed E-state index contributed by atoms with van der Waals surface area (Å²) in [5.74, 6) is -1.55. The molecule has 2 saturated heterocycles. The first kappa shape index (κ1) is 28.8. The van der Waals surface area contributed by atoms with Gasteiger partial charge in [-0.05, 0) is 6.07 Å². The number of hydrogen-bond acceptors (Lipinski definition) is 7. The number of urea groups is 1. The number of carbonyl (C=O) groups is 3. The zero-order valence-corrected chi connectivity index (χ0v) is 24.2. The van der Waals surface area contributed by atoms with Crippen molar-refractivity contribution >= 4 is 46.7 Å². The number of benzene rings is 2. The maximum absolute atomic E-state index is 13.1. The minimum atomic E-state index is -1.07. The number of anilines is 1. The van der Waals surface area contributed by atoms with Gasteiger partial charge in [-0.1, -0.05) is 53.5 Å². The van der Waals surface area contributed by atoms with Gasteiger partial charge in [0.1, 0.15) is 11.7 Å². The smallest absolute Gasteiger partial charge is 0.326 e. The van der Waals surface area contributed by atoms with Crippen LogP contribution in [0, 0.1) is 5.92 Å². The molecule has 4 amide bonds. The minimum Gasteiger partial charge on any atom is -0.496 e. The van der Waals surface area contributed by atoms with Crippen LogP contribution in [0.4, 0.5) is 10.5 Å². The number of nitrogens with zero attached hydrogens (tertiary/aromatic N) is 4. The van der Waals surface area contributed by atoms with Crippen molar-refractivity contribution in [2.45, 2.75) is 12.6 Å². The maximum atomic E-state index is 13.1. The normalized spacial score (nSPS) is 18.0. The number of methoxy groups -OCH3 is 1. The first-order valence-corrected chi connectivity index (χ1v) is 13.7. The van der Waals surface area contributed by atoms with E-state index in [-0.39, 0.29) is 17.7 Å². The number of aliphatic hydroxyl groups is 1. The van der Waals surface area contributed by atoms with Gasteiger partial charge in [0.2, 0.25) is 11.8 Å². The summed E-state index contributed by atoms with van der Waals surface area (Å²) in [5, 5.41) is 13.0. The number of halogens is 2. The van der Waals surface area contributed by atoms with Gasteiger partial charge in [-0.2, -0.15) is 0 Å². The van der Waals surface area contributed by atoms with E-state index in [1.807, 2.05) is 24.3 Å². The zero-order valence-electron chi connectivity index (χ0n) is 22.7. The lowest BCUT2D eigenvalue weighted by Gasteiger charge is -2.35. The van der Waals surface area contributed by atoms with E-state index in [1.54, 1.807) is 31.5 Å². The third kappa shape index (κ3) is 5.60. The highest BCUT2D eigenvalue weighted by Crippen LogP contribution is 2.41. The fourth-order valence-corrected chi connectivity index (χ4v) is 5.64. The molecule has 1 atom stereocenters. The van der Waals surface area contributed by atoms with Crippen molar-refractivity contribution < 1.29 is 24.2 Å². The number of amides is 4. The molecular formula is C29H29Cl2N5O5. The predicted octanol–water partition coefficient (Wildman–Crippen LogP) is 3.99. The Morgan fingerprint density at radius 3 is 2.39 bits per heavy atom. The summed E-state index contributed by atoms with van der Waals surface area (Å²) in [6.07, 6.45) is 1.46. The number of hydrogen-bond donors (Lipinski definition) is 2. The van der Waals surface area contributed by atoms with E-state index in [4.69, 9.17) is 27.9 Å². The highest BCUT2D eigenvalue weighted by molar-refractivity contribution is 6.39. The standard InChI is InChI=1S/C29H29Cl2N5O5/c1-34-15-21(28(39)35(2)29(34)40)27(38)33-22-9-5-7-19(26(22)31)18-6-4-8-20(25(18)30)23-10-24(41-3)16(11-32-23)12-36-13-17(37)14-36/h4-11,17,21,37H,12-15H2,1-3H3,(H,33,38). The molecule has 0 saturated carbocycles. The van der Waals surface area contributed by atoms with Crippen molar-refractivity contribution in [3.63, 3.8) is 0 Å². The molecule has 3 heterocycles. The number of pyridine rings is 1. The molecule has 2 aliphatic heterocycles. The lowest BCUT2D eigenvalue weighted by atomic mass is 9.99. The van der Waals surface area contributed by atoms with E-state index in [2.05, 4.69) is 15.2 Å². The lowest BCUT2D eigenvalue weighted by molar-refractivity contribution is -0.140. The van der Waals surface area contributed by atoms with Crippen molar-refractivity contribution in [2.75, 3.05) is 46.2 Å². The lowest BCUT2D eigenvalue weighted by Crippen LogP contribution is -2.56. The molecule has 41 heavy (non-hydrogen) atoms. The molecule has 5 rings (SSSR count). The molecule has 1 unspecified atom stereocenters. The van der Waals surface area contributed by atoms with Gasteiger partial charge < -0.3 is 20.1 Å². The van der Waals surface area contributed by atoms with E-state index in [0.717, 1.165) is 10.5 Å². The van der Waals surface area contributed by atoms with Crippen LogP contribution in [0.3, 0.4) is 0 Å². The quantitative estimate of drug-likeness (QED) is 0.396. The monoisotopic (exact) mass is 597 g/mol. The molecule has 2 fully saturated rings. The van der Waals surface area contributed by atoms with E-state index < -0.39 is 23.8 Å². The largest absolute Gasteiger partial charge is 0.496 e. The van der Waals surface area contributed by atoms with Gasteiger partial charge in [-0.15, -0.1) is 0 Å². The average Bonchev–Trinajstić information content (AvgIpc) is 2.94. The first-order valence-electron chi connectivity index (χ1n) is 12.9. The topological polar surface area (TPSA) is 115 Å². The second-order valence-corrected chi connectivity index (χ2v) is 10.9. The van der Waals surface area contributed by atoms with Crippen LogP contribution >= 0.6 is 23.2 Å². The van der Waals surface area contributed by atoms with E-state index in [0.29, 0.717) is 58.5 Å². The van der Waals surface area contributed by atoms with Crippen LogP contribution < -0.4 is 10.1 Å².